The lowest BCUT2D eigenvalue weighted by Crippen LogP contribution is -2.12. The Hall–Kier alpha value is -0.890. The van der Waals surface area contributed by atoms with Crippen LogP contribution in [-0.4, -0.2) is 6.10 Å². The fraction of sp³-hybridized carbons (Fsp3) is 0.538. The van der Waals surface area contributed by atoms with E-state index in [4.69, 9.17) is 22.1 Å². The molecule has 16 heavy (non-hydrogen) atoms. The normalized spacial score (nSPS) is 12.4. The van der Waals surface area contributed by atoms with Gasteiger partial charge in [-0.05, 0) is 38.0 Å². The van der Waals surface area contributed by atoms with Gasteiger partial charge < -0.3 is 10.5 Å². The number of hydrogen-bond acceptors (Lipinski definition) is 2. The maximum Gasteiger partial charge on any atom is 0.142 e. The first-order valence-electron chi connectivity index (χ1n) is 5.85. The van der Waals surface area contributed by atoms with Crippen LogP contribution in [0, 0.1) is 0 Å². The molecule has 2 nitrogen and oxygen atoms in total. The van der Waals surface area contributed by atoms with Gasteiger partial charge in [0.05, 0.1) is 11.8 Å². The molecule has 1 aromatic rings. The van der Waals surface area contributed by atoms with Gasteiger partial charge in [0.25, 0.3) is 0 Å². The van der Waals surface area contributed by atoms with Crippen LogP contribution in [0.15, 0.2) is 18.2 Å². The number of nitrogens with two attached hydrogens (primary N) is 1. The number of rotatable bonds is 6. The van der Waals surface area contributed by atoms with Gasteiger partial charge in [0.1, 0.15) is 5.75 Å². The molecule has 1 aromatic carbocycles. The summed E-state index contributed by atoms with van der Waals surface area (Å²) in [6.45, 7) is 4.27. The molecule has 0 heterocycles. The van der Waals surface area contributed by atoms with E-state index in [1.54, 1.807) is 12.1 Å². The van der Waals surface area contributed by atoms with E-state index < -0.39 is 0 Å². The summed E-state index contributed by atoms with van der Waals surface area (Å²) in [4.78, 5) is 0. The quantitative estimate of drug-likeness (QED) is 0.596. The van der Waals surface area contributed by atoms with Crippen molar-refractivity contribution in [2.75, 3.05) is 5.73 Å². The highest BCUT2D eigenvalue weighted by Crippen LogP contribution is 2.26. The largest absolute Gasteiger partial charge is 0.489 e. The number of nitrogen functional groups attached to an aromatic ring is 1. The summed E-state index contributed by atoms with van der Waals surface area (Å²) in [5, 5.41) is 0.642. The molecule has 0 fully saturated rings. The highest BCUT2D eigenvalue weighted by molar-refractivity contribution is 6.30. The monoisotopic (exact) mass is 241 g/mol. The first kappa shape index (κ1) is 13.2. The highest BCUT2D eigenvalue weighted by atomic mass is 35.5. The Kier molecular flexibility index (Phi) is 5.47. The summed E-state index contributed by atoms with van der Waals surface area (Å²) in [5.41, 5.74) is 6.42. The van der Waals surface area contributed by atoms with Crippen molar-refractivity contribution in [1.82, 2.24) is 0 Å². The van der Waals surface area contributed by atoms with Gasteiger partial charge in [0, 0.05) is 5.02 Å². The maximum atomic E-state index is 5.82. The highest BCUT2D eigenvalue weighted by Gasteiger charge is 2.06. The third-order valence-corrected chi connectivity index (χ3v) is 2.75. The summed E-state index contributed by atoms with van der Waals surface area (Å²) >= 11 is 5.82. The second-order valence-electron chi connectivity index (χ2n) is 4.11. The van der Waals surface area contributed by atoms with Gasteiger partial charge in [0.2, 0.25) is 0 Å². The summed E-state index contributed by atoms with van der Waals surface area (Å²) < 4.78 is 5.76. The van der Waals surface area contributed by atoms with Crippen molar-refractivity contribution in [3.8, 4) is 5.75 Å². The lowest BCUT2D eigenvalue weighted by Gasteiger charge is -2.16. The number of halogens is 1. The summed E-state index contributed by atoms with van der Waals surface area (Å²) in [7, 11) is 0. The first-order chi connectivity index (χ1) is 7.63. The maximum absolute atomic E-state index is 5.82. The molecule has 0 aromatic heterocycles. The standard InChI is InChI=1S/C13H20ClNO/c1-3-4-5-6-10(2)16-13-8-7-11(14)9-12(13)15/h7-10H,3-6,15H2,1-2H3. The Balaban J connectivity index is 2.46. The molecule has 3 heteroatoms. The van der Waals surface area contributed by atoms with Crippen LogP contribution in [0.4, 0.5) is 5.69 Å². The molecule has 0 bridgehead atoms. The van der Waals surface area contributed by atoms with E-state index in [2.05, 4.69) is 13.8 Å². The minimum atomic E-state index is 0.204. The zero-order valence-electron chi connectivity index (χ0n) is 10.0. The molecule has 1 unspecified atom stereocenters. The van der Waals surface area contributed by atoms with Crippen LogP contribution in [0.1, 0.15) is 39.5 Å². The van der Waals surface area contributed by atoms with Crippen molar-refractivity contribution in [1.29, 1.82) is 0 Å². The topological polar surface area (TPSA) is 35.2 Å². The average molecular weight is 242 g/mol. The van der Waals surface area contributed by atoms with Gasteiger partial charge in [-0.15, -0.1) is 0 Å². The van der Waals surface area contributed by atoms with Crippen LogP contribution in [0.2, 0.25) is 5.02 Å². The molecule has 1 atom stereocenters. The molecular formula is C13H20ClNO. The zero-order chi connectivity index (χ0) is 12.0. The Morgan fingerprint density at radius 1 is 1.38 bits per heavy atom. The molecule has 0 amide bonds. The summed E-state index contributed by atoms with van der Waals surface area (Å²) in [6, 6.07) is 5.34. The van der Waals surface area contributed by atoms with E-state index in [0.717, 1.165) is 12.2 Å². The van der Waals surface area contributed by atoms with Crippen molar-refractivity contribution < 1.29 is 4.74 Å². The molecule has 0 saturated heterocycles. The van der Waals surface area contributed by atoms with Gasteiger partial charge in [-0.2, -0.15) is 0 Å². The van der Waals surface area contributed by atoms with Crippen LogP contribution in [-0.2, 0) is 0 Å². The molecule has 1 rings (SSSR count). The van der Waals surface area contributed by atoms with Crippen molar-refractivity contribution in [3.05, 3.63) is 23.2 Å². The van der Waals surface area contributed by atoms with Crippen LogP contribution in [0.3, 0.4) is 0 Å². The predicted molar refractivity (Wildman–Crippen MR) is 70.1 cm³/mol. The van der Waals surface area contributed by atoms with Crippen molar-refractivity contribution in [2.24, 2.45) is 0 Å². The molecule has 0 aliphatic heterocycles. The lowest BCUT2D eigenvalue weighted by atomic mass is 10.1. The Morgan fingerprint density at radius 2 is 2.12 bits per heavy atom. The zero-order valence-corrected chi connectivity index (χ0v) is 10.8. The second kappa shape index (κ2) is 6.64. The van der Waals surface area contributed by atoms with Crippen molar-refractivity contribution >= 4 is 17.3 Å². The Morgan fingerprint density at radius 3 is 2.75 bits per heavy atom. The van der Waals surface area contributed by atoms with Crippen molar-refractivity contribution in [3.63, 3.8) is 0 Å². The molecule has 0 radical (unpaired) electrons. The van der Waals surface area contributed by atoms with Crippen LogP contribution in [0.25, 0.3) is 0 Å². The average Bonchev–Trinajstić information content (AvgIpc) is 2.23. The van der Waals surface area contributed by atoms with E-state index >= 15 is 0 Å². The van der Waals surface area contributed by atoms with E-state index in [1.165, 1.54) is 19.3 Å². The Bertz CT molecular complexity index is 328. The number of benzene rings is 1. The number of hydrogen-bond donors (Lipinski definition) is 1. The molecule has 0 aliphatic carbocycles. The molecule has 0 aliphatic rings. The Labute approximate surface area is 103 Å². The molecule has 2 N–H and O–H groups in total. The van der Waals surface area contributed by atoms with Crippen LogP contribution < -0.4 is 10.5 Å². The van der Waals surface area contributed by atoms with Crippen molar-refractivity contribution in [2.45, 2.75) is 45.6 Å². The fourth-order valence-corrected chi connectivity index (χ4v) is 1.76. The van der Waals surface area contributed by atoms with E-state index in [0.29, 0.717) is 10.7 Å². The van der Waals surface area contributed by atoms with Gasteiger partial charge in [-0.25, -0.2) is 0 Å². The smallest absolute Gasteiger partial charge is 0.142 e. The van der Waals surface area contributed by atoms with Gasteiger partial charge >= 0.3 is 0 Å². The van der Waals surface area contributed by atoms with Crippen LogP contribution in [0.5, 0.6) is 5.75 Å². The molecular weight excluding hydrogens is 222 g/mol. The molecule has 90 valence electrons. The van der Waals surface area contributed by atoms with E-state index in [9.17, 15) is 0 Å². The number of ether oxygens (including phenoxy) is 1. The number of unbranched alkanes of at least 4 members (excludes halogenated alkanes) is 2. The fourth-order valence-electron chi connectivity index (χ4n) is 1.58. The minimum absolute atomic E-state index is 0.204. The number of anilines is 1. The summed E-state index contributed by atoms with van der Waals surface area (Å²) in [6.07, 6.45) is 4.95. The lowest BCUT2D eigenvalue weighted by molar-refractivity contribution is 0.208. The van der Waals surface area contributed by atoms with Gasteiger partial charge in [0.15, 0.2) is 0 Å². The third kappa shape index (κ3) is 4.31. The first-order valence-corrected chi connectivity index (χ1v) is 6.23. The van der Waals surface area contributed by atoms with Gasteiger partial charge in [-0.3, -0.25) is 0 Å². The van der Waals surface area contributed by atoms with E-state index in [-0.39, 0.29) is 6.10 Å². The third-order valence-electron chi connectivity index (χ3n) is 2.51. The van der Waals surface area contributed by atoms with Crippen LogP contribution >= 0.6 is 11.6 Å². The molecule has 0 saturated carbocycles. The summed E-state index contributed by atoms with van der Waals surface area (Å²) in [5.74, 6) is 0.730. The SMILES string of the molecule is CCCCCC(C)Oc1ccc(Cl)cc1N. The van der Waals surface area contributed by atoms with Gasteiger partial charge in [-0.1, -0.05) is 31.4 Å². The predicted octanol–water partition coefficient (Wildman–Crippen LogP) is 4.27. The second-order valence-corrected chi connectivity index (χ2v) is 4.54. The minimum Gasteiger partial charge on any atom is -0.489 e. The van der Waals surface area contributed by atoms with E-state index in [1.807, 2.05) is 6.07 Å². The molecule has 0 spiro atoms.